The van der Waals surface area contributed by atoms with Gasteiger partial charge in [-0.3, -0.25) is 0 Å². The van der Waals surface area contributed by atoms with Crippen LogP contribution in [0.4, 0.5) is 0 Å². The first-order valence-electron chi connectivity index (χ1n) is 17.0. The van der Waals surface area contributed by atoms with Crippen LogP contribution in [0, 0.1) is 52.3 Å². The zero-order chi connectivity index (χ0) is 27.3. The molecule has 10 atom stereocenters. The highest BCUT2D eigenvalue weighted by Gasteiger charge is 2.62. The monoisotopic (exact) mass is 532 g/mol. The lowest BCUT2D eigenvalue weighted by Crippen LogP contribution is -2.59. The van der Waals surface area contributed by atoms with Crippen LogP contribution in [0.1, 0.15) is 125 Å². The zero-order valence-corrected chi connectivity index (χ0v) is 25.9. The molecule has 4 saturated carbocycles. The highest BCUT2D eigenvalue weighted by atomic mass is 16.3. The van der Waals surface area contributed by atoms with Crippen LogP contribution in [0.2, 0.25) is 0 Å². The van der Waals surface area contributed by atoms with Crippen LogP contribution in [0.25, 0.3) is 0 Å². The number of aliphatic hydroxyl groups excluding tert-OH is 1. The minimum Gasteiger partial charge on any atom is -0.393 e. The first-order chi connectivity index (χ1) is 18.2. The van der Waals surface area contributed by atoms with Crippen molar-refractivity contribution < 1.29 is 5.11 Å². The molecule has 4 heteroatoms. The lowest BCUT2D eigenvalue weighted by molar-refractivity contribution is -0.167. The summed E-state index contributed by atoms with van der Waals surface area (Å²) in [6.45, 7) is 16.7. The topological polar surface area (TPSA) is 70.3 Å². The van der Waals surface area contributed by atoms with Gasteiger partial charge in [-0.05, 0) is 149 Å². The van der Waals surface area contributed by atoms with E-state index in [1.165, 1.54) is 77.0 Å². The molecule has 0 bridgehead atoms. The Hall–Kier alpha value is -0.160. The summed E-state index contributed by atoms with van der Waals surface area (Å²) in [6, 6.07) is 0.644. The summed E-state index contributed by atoms with van der Waals surface area (Å²) in [5, 5.41) is 19.2. The number of hydrogen-bond acceptors (Lipinski definition) is 4. The fourth-order valence-electron chi connectivity index (χ4n) is 10.5. The first kappa shape index (κ1) is 30.8. The third-order valence-electron chi connectivity index (χ3n) is 12.7. The van der Waals surface area contributed by atoms with Gasteiger partial charge in [0.15, 0.2) is 0 Å². The average molecular weight is 532 g/mol. The molecule has 4 aliphatic rings. The van der Waals surface area contributed by atoms with Gasteiger partial charge in [-0.2, -0.15) is 0 Å². The molecule has 5 N–H and O–H groups in total. The lowest BCUT2D eigenvalue weighted by Gasteiger charge is -2.62. The minimum absolute atomic E-state index is 0.0748. The SMILES string of the molecule is CC(C)CCC[C@@H](C)[C@H]1CCC2C3C(CC[C@@]21C)[C@@]1(C)CC[C@H](NCCCNCCCCN)C[C@@H]1C[C@H]3O. The Kier molecular flexibility index (Phi) is 11.1. The van der Waals surface area contributed by atoms with E-state index in [2.05, 4.69) is 45.3 Å². The van der Waals surface area contributed by atoms with Crippen molar-refractivity contribution in [2.45, 2.75) is 137 Å². The van der Waals surface area contributed by atoms with Crippen molar-refractivity contribution >= 4 is 0 Å². The molecule has 38 heavy (non-hydrogen) atoms. The Morgan fingerprint density at radius 2 is 1.55 bits per heavy atom. The Balaban J connectivity index is 1.30. The standard InChI is InChI=1S/C34H65N3O/c1-24(2)10-8-11-25(3)28-12-13-29-32-30(15-17-34(28,29)5)33(4)16-14-27(22-26(33)23-31(32)38)37-21-9-20-36-19-7-6-18-35/h24-32,36-38H,6-23,35H2,1-5H3/t25-,26-,27+,28-,29?,30?,31-,32?,33+,34-/m1/s1. The van der Waals surface area contributed by atoms with Crippen LogP contribution in [0.5, 0.6) is 0 Å². The lowest BCUT2D eigenvalue weighted by atomic mass is 9.43. The highest BCUT2D eigenvalue weighted by molar-refractivity contribution is 5.12. The van der Waals surface area contributed by atoms with E-state index in [-0.39, 0.29) is 6.10 Å². The second-order valence-corrected chi connectivity index (χ2v) is 15.4. The molecule has 0 heterocycles. The third kappa shape index (κ3) is 6.66. The van der Waals surface area contributed by atoms with Gasteiger partial charge in [0.1, 0.15) is 0 Å². The molecule has 4 aliphatic carbocycles. The molecular formula is C34H65N3O. The fraction of sp³-hybridized carbons (Fsp3) is 1.00. The quantitative estimate of drug-likeness (QED) is 0.187. The summed E-state index contributed by atoms with van der Waals surface area (Å²) < 4.78 is 0. The van der Waals surface area contributed by atoms with E-state index < -0.39 is 0 Å². The first-order valence-corrected chi connectivity index (χ1v) is 17.0. The van der Waals surface area contributed by atoms with Crippen molar-refractivity contribution in [2.75, 3.05) is 26.2 Å². The van der Waals surface area contributed by atoms with Gasteiger partial charge >= 0.3 is 0 Å². The molecule has 4 rings (SSSR count). The largest absolute Gasteiger partial charge is 0.393 e. The van der Waals surface area contributed by atoms with Gasteiger partial charge in [0, 0.05) is 6.04 Å². The van der Waals surface area contributed by atoms with E-state index in [0.717, 1.165) is 68.6 Å². The van der Waals surface area contributed by atoms with Gasteiger partial charge in [-0.25, -0.2) is 0 Å². The molecule has 4 fully saturated rings. The Labute approximate surface area is 236 Å². The number of aliphatic hydroxyl groups is 1. The molecule has 0 aromatic heterocycles. The predicted molar refractivity (Wildman–Crippen MR) is 162 cm³/mol. The maximum Gasteiger partial charge on any atom is 0.0577 e. The van der Waals surface area contributed by atoms with E-state index in [1.54, 1.807) is 0 Å². The van der Waals surface area contributed by atoms with Crippen LogP contribution in [0.3, 0.4) is 0 Å². The van der Waals surface area contributed by atoms with E-state index in [4.69, 9.17) is 5.73 Å². The van der Waals surface area contributed by atoms with Gasteiger partial charge in [-0.1, -0.05) is 53.9 Å². The Morgan fingerprint density at radius 3 is 2.32 bits per heavy atom. The number of nitrogens with one attached hydrogen (secondary N) is 2. The molecule has 0 aromatic carbocycles. The van der Waals surface area contributed by atoms with Gasteiger partial charge in [0.25, 0.3) is 0 Å². The van der Waals surface area contributed by atoms with Crippen molar-refractivity contribution in [2.24, 2.45) is 58.0 Å². The van der Waals surface area contributed by atoms with Crippen LogP contribution in [-0.2, 0) is 0 Å². The summed E-state index contributed by atoms with van der Waals surface area (Å²) in [5.41, 5.74) is 6.48. The molecule has 3 unspecified atom stereocenters. The molecule has 4 nitrogen and oxygen atoms in total. The van der Waals surface area contributed by atoms with E-state index >= 15 is 0 Å². The Bertz CT molecular complexity index is 714. The zero-order valence-electron chi connectivity index (χ0n) is 25.9. The molecule has 0 aromatic rings. The molecular weight excluding hydrogens is 466 g/mol. The predicted octanol–water partition coefficient (Wildman–Crippen LogP) is 6.76. The number of rotatable bonds is 14. The second kappa shape index (κ2) is 13.7. The van der Waals surface area contributed by atoms with Crippen molar-refractivity contribution in [3.63, 3.8) is 0 Å². The molecule has 222 valence electrons. The van der Waals surface area contributed by atoms with Crippen molar-refractivity contribution in [1.82, 2.24) is 10.6 Å². The number of nitrogens with two attached hydrogens (primary N) is 1. The van der Waals surface area contributed by atoms with Crippen molar-refractivity contribution in [1.29, 1.82) is 0 Å². The summed E-state index contributed by atoms with van der Waals surface area (Å²) in [5.74, 6) is 5.27. The van der Waals surface area contributed by atoms with E-state index in [0.29, 0.717) is 28.7 Å². The van der Waals surface area contributed by atoms with Gasteiger partial charge in [0.05, 0.1) is 6.10 Å². The molecule has 0 saturated heterocycles. The maximum absolute atomic E-state index is 11.7. The second-order valence-electron chi connectivity index (χ2n) is 15.4. The van der Waals surface area contributed by atoms with Gasteiger partial charge in [-0.15, -0.1) is 0 Å². The fourth-order valence-corrected chi connectivity index (χ4v) is 10.5. The van der Waals surface area contributed by atoms with E-state index in [1.807, 2.05) is 0 Å². The number of fused-ring (bicyclic) bond motifs is 5. The smallest absolute Gasteiger partial charge is 0.0577 e. The minimum atomic E-state index is -0.0748. The van der Waals surface area contributed by atoms with Crippen molar-refractivity contribution in [3.8, 4) is 0 Å². The molecule has 0 aliphatic heterocycles. The summed E-state index contributed by atoms with van der Waals surface area (Å²) >= 11 is 0. The maximum atomic E-state index is 11.7. The summed E-state index contributed by atoms with van der Waals surface area (Å²) in [6.07, 6.45) is 18.2. The molecule has 0 radical (unpaired) electrons. The summed E-state index contributed by atoms with van der Waals surface area (Å²) in [4.78, 5) is 0. The normalized spacial score (nSPS) is 41.5. The van der Waals surface area contributed by atoms with Gasteiger partial charge < -0.3 is 21.5 Å². The van der Waals surface area contributed by atoms with Gasteiger partial charge in [0.2, 0.25) is 0 Å². The van der Waals surface area contributed by atoms with Crippen LogP contribution < -0.4 is 16.4 Å². The number of hydrogen-bond donors (Lipinski definition) is 4. The molecule has 0 spiro atoms. The van der Waals surface area contributed by atoms with Crippen LogP contribution >= 0.6 is 0 Å². The number of unbranched alkanes of at least 4 members (excludes halogenated alkanes) is 1. The highest BCUT2D eigenvalue weighted by Crippen LogP contribution is 2.68. The van der Waals surface area contributed by atoms with E-state index in [9.17, 15) is 5.11 Å². The van der Waals surface area contributed by atoms with Crippen LogP contribution in [0.15, 0.2) is 0 Å². The third-order valence-corrected chi connectivity index (χ3v) is 12.7. The van der Waals surface area contributed by atoms with Crippen molar-refractivity contribution in [3.05, 3.63) is 0 Å². The average Bonchev–Trinajstić information content (AvgIpc) is 3.23. The molecule has 0 amide bonds. The Morgan fingerprint density at radius 1 is 0.816 bits per heavy atom. The summed E-state index contributed by atoms with van der Waals surface area (Å²) in [7, 11) is 0. The van der Waals surface area contributed by atoms with Crippen LogP contribution in [-0.4, -0.2) is 43.4 Å².